The molecule has 0 atom stereocenters. The van der Waals surface area contributed by atoms with Gasteiger partial charge in [0.25, 0.3) is 0 Å². The highest BCUT2D eigenvalue weighted by molar-refractivity contribution is 7.91. The van der Waals surface area contributed by atoms with Crippen molar-refractivity contribution >= 4 is 21.4 Å². The molecular weight excluding hydrogens is 286 g/mol. The molecule has 0 aliphatic heterocycles. The minimum Gasteiger partial charge on any atom is -0.222 e. The van der Waals surface area contributed by atoms with Gasteiger partial charge in [-0.3, -0.25) is 0 Å². The van der Waals surface area contributed by atoms with E-state index in [0.29, 0.717) is 30.5 Å². The van der Waals surface area contributed by atoms with Crippen molar-refractivity contribution in [3.8, 4) is 6.07 Å². The fourth-order valence-electron chi connectivity index (χ4n) is 1.83. The maximum Gasteiger partial charge on any atom is 0.198 e. The first-order valence-corrected chi connectivity index (χ1v) is 8.27. The zero-order valence-corrected chi connectivity index (χ0v) is 12.6. The maximum absolute atomic E-state index is 12.1. The summed E-state index contributed by atoms with van der Waals surface area (Å²) in [5, 5.41) is 16.7. The van der Waals surface area contributed by atoms with E-state index >= 15 is 0 Å². The molecule has 0 aliphatic carbocycles. The third-order valence-electron chi connectivity index (χ3n) is 2.77. The number of nitrogens with zero attached hydrogens (tertiary/aromatic N) is 3. The highest BCUT2D eigenvalue weighted by Gasteiger charge is 2.24. The fraction of sp³-hybridized carbons (Fsp3) is 0.583. The van der Waals surface area contributed by atoms with Gasteiger partial charge in [0.2, 0.25) is 0 Å². The van der Waals surface area contributed by atoms with Crippen LogP contribution < -0.4 is 0 Å². The van der Waals surface area contributed by atoms with Crippen molar-refractivity contribution in [3.63, 3.8) is 0 Å². The molecule has 104 valence electrons. The summed E-state index contributed by atoms with van der Waals surface area (Å²) < 4.78 is 24.3. The first-order chi connectivity index (χ1) is 9.01. The van der Waals surface area contributed by atoms with Crippen LogP contribution in [0.5, 0.6) is 0 Å². The third kappa shape index (κ3) is 3.43. The number of alkyl halides is 1. The van der Waals surface area contributed by atoms with E-state index in [-0.39, 0.29) is 22.2 Å². The molecule has 1 aromatic rings. The Labute approximate surface area is 118 Å². The van der Waals surface area contributed by atoms with E-state index in [9.17, 15) is 13.7 Å². The number of hydrogen-bond donors (Lipinski definition) is 0. The molecule has 7 heteroatoms. The molecule has 0 radical (unpaired) electrons. The van der Waals surface area contributed by atoms with Gasteiger partial charge in [0.1, 0.15) is 6.07 Å². The van der Waals surface area contributed by atoms with Gasteiger partial charge in [-0.15, -0.1) is 16.7 Å². The summed E-state index contributed by atoms with van der Waals surface area (Å²) in [5.74, 6) is 0.136. The van der Waals surface area contributed by atoms with Gasteiger partial charge < -0.3 is 0 Å². The summed E-state index contributed by atoms with van der Waals surface area (Å²) in [5.41, 5.74) is 1.48. The first-order valence-electron chi connectivity index (χ1n) is 6.09. The Morgan fingerprint density at radius 3 is 2.42 bits per heavy atom. The highest BCUT2D eigenvalue weighted by atomic mass is 35.5. The zero-order chi connectivity index (χ0) is 14.5. The maximum atomic E-state index is 12.1. The molecule has 0 aromatic carbocycles. The fourth-order valence-corrected chi connectivity index (χ4v) is 3.48. The van der Waals surface area contributed by atoms with E-state index in [4.69, 9.17) is 11.6 Å². The van der Waals surface area contributed by atoms with Crippen LogP contribution in [0, 0.1) is 11.3 Å². The molecule has 0 bridgehead atoms. The van der Waals surface area contributed by atoms with E-state index in [1.807, 2.05) is 19.9 Å². The Morgan fingerprint density at radius 1 is 1.26 bits per heavy atom. The number of aromatic nitrogens is 2. The lowest BCUT2D eigenvalue weighted by molar-refractivity contribution is 0.587. The smallest absolute Gasteiger partial charge is 0.198 e. The van der Waals surface area contributed by atoms with E-state index in [2.05, 4.69) is 10.2 Å². The summed E-state index contributed by atoms with van der Waals surface area (Å²) in [6, 6.07) is 1.96. The molecule has 0 fully saturated rings. The van der Waals surface area contributed by atoms with Crippen molar-refractivity contribution in [1.82, 2.24) is 10.2 Å². The van der Waals surface area contributed by atoms with E-state index in [0.717, 1.165) is 0 Å². The second-order valence-electron chi connectivity index (χ2n) is 3.99. The standard InChI is InChI=1S/C12H16ClN3O2S/c1-3-9-10(8-14)12(16-15-11(9)4-2)19(17,18)7-5-6-13/h3-7H2,1-2H3. The highest BCUT2D eigenvalue weighted by Crippen LogP contribution is 2.21. The van der Waals surface area contributed by atoms with Gasteiger partial charge in [-0.2, -0.15) is 10.4 Å². The molecule has 1 rings (SSSR count). The first kappa shape index (κ1) is 15.9. The number of halogens is 1. The van der Waals surface area contributed by atoms with E-state index in [1.165, 1.54) is 0 Å². The average Bonchev–Trinajstić information content (AvgIpc) is 2.43. The summed E-state index contributed by atoms with van der Waals surface area (Å²) in [4.78, 5) is 0. The van der Waals surface area contributed by atoms with Gasteiger partial charge in [-0.05, 0) is 24.8 Å². The van der Waals surface area contributed by atoms with Gasteiger partial charge >= 0.3 is 0 Å². The molecule has 0 spiro atoms. The second-order valence-corrected chi connectivity index (χ2v) is 6.39. The number of rotatable bonds is 6. The van der Waals surface area contributed by atoms with Crippen LogP contribution >= 0.6 is 11.6 Å². The Kier molecular flexibility index (Phi) is 5.70. The SMILES string of the molecule is CCc1nnc(S(=O)(=O)CCCCl)c(C#N)c1CC. The Balaban J connectivity index is 3.42. The molecular formula is C12H16ClN3O2S. The molecule has 1 heterocycles. The lowest BCUT2D eigenvalue weighted by Crippen LogP contribution is -2.15. The zero-order valence-electron chi connectivity index (χ0n) is 11.0. The lowest BCUT2D eigenvalue weighted by atomic mass is 10.1. The predicted molar refractivity (Wildman–Crippen MR) is 72.9 cm³/mol. The number of sulfone groups is 1. The molecule has 19 heavy (non-hydrogen) atoms. The van der Waals surface area contributed by atoms with Crippen molar-refractivity contribution in [3.05, 3.63) is 16.8 Å². The molecule has 0 N–H and O–H groups in total. The number of hydrogen-bond acceptors (Lipinski definition) is 5. The minimum absolute atomic E-state index is 0.117. The predicted octanol–water partition coefficient (Wildman–Crippen LogP) is 1.88. The molecule has 0 saturated heterocycles. The normalized spacial score (nSPS) is 11.3. The molecule has 0 unspecified atom stereocenters. The topological polar surface area (TPSA) is 83.7 Å². The van der Waals surface area contributed by atoms with Crippen molar-refractivity contribution in [2.45, 2.75) is 38.1 Å². The second kappa shape index (κ2) is 6.83. The van der Waals surface area contributed by atoms with E-state index < -0.39 is 9.84 Å². The molecule has 5 nitrogen and oxygen atoms in total. The number of nitriles is 1. The minimum atomic E-state index is -3.60. The lowest BCUT2D eigenvalue weighted by Gasteiger charge is -2.10. The van der Waals surface area contributed by atoms with Gasteiger partial charge in [0.05, 0.1) is 17.0 Å². The molecule has 0 saturated carbocycles. The van der Waals surface area contributed by atoms with Gasteiger partial charge in [0.15, 0.2) is 14.9 Å². The van der Waals surface area contributed by atoms with Crippen LogP contribution in [0.1, 0.15) is 37.1 Å². The van der Waals surface area contributed by atoms with Crippen LogP contribution in [-0.4, -0.2) is 30.2 Å². The summed E-state index contributed by atoms with van der Waals surface area (Å²) in [6.07, 6.45) is 1.50. The quantitative estimate of drug-likeness (QED) is 0.749. The average molecular weight is 302 g/mol. The summed E-state index contributed by atoms with van der Waals surface area (Å²) in [6.45, 7) is 3.76. The molecule has 0 amide bonds. The van der Waals surface area contributed by atoms with Crippen LogP contribution in [0.15, 0.2) is 5.03 Å². The van der Waals surface area contributed by atoms with Crippen LogP contribution in [0.3, 0.4) is 0 Å². The number of aryl methyl sites for hydroxylation is 1. The van der Waals surface area contributed by atoms with Crippen molar-refractivity contribution in [2.24, 2.45) is 0 Å². The van der Waals surface area contributed by atoms with Gasteiger partial charge in [0, 0.05) is 5.88 Å². The van der Waals surface area contributed by atoms with Gasteiger partial charge in [-0.1, -0.05) is 13.8 Å². The van der Waals surface area contributed by atoms with Crippen LogP contribution in [0.25, 0.3) is 0 Å². The summed E-state index contributed by atoms with van der Waals surface area (Å²) >= 11 is 5.51. The third-order valence-corrected chi connectivity index (χ3v) is 4.74. The van der Waals surface area contributed by atoms with E-state index in [1.54, 1.807) is 0 Å². The van der Waals surface area contributed by atoms with Gasteiger partial charge in [-0.25, -0.2) is 8.42 Å². The Bertz CT molecular complexity index is 594. The summed E-state index contributed by atoms with van der Waals surface area (Å²) in [7, 11) is -3.60. The van der Waals surface area contributed by atoms with Crippen LogP contribution in [0.2, 0.25) is 0 Å². The Hall–Kier alpha value is -1.19. The Morgan fingerprint density at radius 2 is 1.95 bits per heavy atom. The van der Waals surface area contributed by atoms with Crippen molar-refractivity contribution in [2.75, 3.05) is 11.6 Å². The van der Waals surface area contributed by atoms with Crippen molar-refractivity contribution in [1.29, 1.82) is 5.26 Å². The molecule has 1 aromatic heterocycles. The van der Waals surface area contributed by atoms with Crippen LogP contribution in [-0.2, 0) is 22.7 Å². The van der Waals surface area contributed by atoms with Crippen molar-refractivity contribution < 1.29 is 8.42 Å². The monoisotopic (exact) mass is 301 g/mol. The largest absolute Gasteiger partial charge is 0.222 e. The van der Waals surface area contributed by atoms with Crippen LogP contribution in [0.4, 0.5) is 0 Å². The molecule has 0 aliphatic rings.